The van der Waals surface area contributed by atoms with Gasteiger partial charge in [-0.1, -0.05) is 12.8 Å². The Bertz CT molecular complexity index is 552. The monoisotopic (exact) mass is 303 g/mol. The number of hydrogen-bond donors (Lipinski definition) is 1. The van der Waals surface area contributed by atoms with Crippen molar-refractivity contribution in [3.05, 3.63) is 29.6 Å². The lowest BCUT2D eigenvalue weighted by Gasteiger charge is -2.34. The van der Waals surface area contributed by atoms with Gasteiger partial charge in [-0.15, -0.1) is 0 Å². The van der Waals surface area contributed by atoms with Crippen LogP contribution in [0.5, 0.6) is 0 Å². The van der Waals surface area contributed by atoms with E-state index in [0.717, 1.165) is 31.4 Å². The van der Waals surface area contributed by atoms with Gasteiger partial charge in [-0.05, 0) is 25.0 Å². The number of ether oxygens (including phenoxy) is 1. The largest absolute Gasteiger partial charge is 0.368 e. The Morgan fingerprint density at radius 2 is 2.05 bits per heavy atom. The number of rotatable bonds is 3. The summed E-state index contributed by atoms with van der Waals surface area (Å²) < 4.78 is 5.73. The minimum Gasteiger partial charge on any atom is -0.368 e. The van der Waals surface area contributed by atoms with Gasteiger partial charge in [-0.25, -0.2) is 0 Å². The molecule has 22 heavy (non-hydrogen) atoms. The molecule has 1 saturated heterocycles. The smallest absolute Gasteiger partial charge is 0.250 e. The van der Waals surface area contributed by atoms with Gasteiger partial charge in [0.2, 0.25) is 11.8 Å². The maximum Gasteiger partial charge on any atom is 0.250 e. The van der Waals surface area contributed by atoms with Gasteiger partial charge in [0.15, 0.2) is 0 Å². The van der Waals surface area contributed by atoms with Gasteiger partial charge in [0.25, 0.3) is 0 Å². The van der Waals surface area contributed by atoms with Gasteiger partial charge >= 0.3 is 0 Å². The predicted molar refractivity (Wildman–Crippen MR) is 80.0 cm³/mol. The van der Waals surface area contributed by atoms with Crippen LogP contribution in [0.3, 0.4) is 0 Å². The van der Waals surface area contributed by atoms with Gasteiger partial charge in [0.1, 0.15) is 6.10 Å². The predicted octanol–water partition coefficient (Wildman–Crippen LogP) is 1.27. The van der Waals surface area contributed by atoms with E-state index in [4.69, 9.17) is 10.5 Å². The van der Waals surface area contributed by atoms with E-state index in [2.05, 4.69) is 4.98 Å². The third kappa shape index (κ3) is 3.11. The van der Waals surface area contributed by atoms with E-state index < -0.39 is 5.91 Å². The maximum absolute atomic E-state index is 12.5. The van der Waals surface area contributed by atoms with E-state index in [0.29, 0.717) is 25.3 Å². The van der Waals surface area contributed by atoms with E-state index in [-0.39, 0.29) is 17.9 Å². The molecule has 1 aromatic rings. The highest BCUT2D eigenvalue weighted by molar-refractivity contribution is 5.92. The van der Waals surface area contributed by atoms with Crippen LogP contribution in [0.15, 0.2) is 18.3 Å². The molecule has 6 nitrogen and oxygen atoms in total. The molecule has 0 spiro atoms. The molecule has 2 fully saturated rings. The van der Waals surface area contributed by atoms with Crippen LogP contribution in [0, 0.1) is 5.92 Å². The molecule has 2 N–H and O–H groups in total. The molecule has 0 radical (unpaired) electrons. The Morgan fingerprint density at radius 3 is 2.68 bits per heavy atom. The molecule has 2 amide bonds. The van der Waals surface area contributed by atoms with Crippen molar-refractivity contribution < 1.29 is 14.3 Å². The number of primary amides is 1. The third-order valence-electron chi connectivity index (χ3n) is 4.48. The first kappa shape index (κ1) is 15.0. The molecule has 0 unspecified atom stereocenters. The molecule has 6 heteroatoms. The summed E-state index contributed by atoms with van der Waals surface area (Å²) in [6, 6.07) is 3.39. The summed E-state index contributed by atoms with van der Waals surface area (Å²) in [6.07, 6.45) is 5.54. The normalized spacial score (nSPS) is 22.7. The molecule has 0 aromatic carbocycles. The third-order valence-corrected chi connectivity index (χ3v) is 4.48. The fourth-order valence-electron chi connectivity index (χ4n) is 3.20. The molecule has 0 bridgehead atoms. The van der Waals surface area contributed by atoms with Crippen molar-refractivity contribution in [2.24, 2.45) is 11.7 Å². The summed E-state index contributed by atoms with van der Waals surface area (Å²) in [4.78, 5) is 29.7. The van der Waals surface area contributed by atoms with Crippen molar-refractivity contribution in [1.82, 2.24) is 9.88 Å². The average molecular weight is 303 g/mol. The first-order chi connectivity index (χ1) is 10.6. The van der Waals surface area contributed by atoms with E-state index in [9.17, 15) is 9.59 Å². The summed E-state index contributed by atoms with van der Waals surface area (Å²) in [5.74, 6) is -0.0647. The molecule has 2 aliphatic rings. The Morgan fingerprint density at radius 1 is 1.27 bits per heavy atom. The lowest BCUT2D eigenvalue weighted by Crippen LogP contribution is -2.44. The Hall–Kier alpha value is -1.95. The average Bonchev–Trinajstić information content (AvgIpc) is 3.09. The van der Waals surface area contributed by atoms with Gasteiger partial charge in [-0.3, -0.25) is 14.6 Å². The van der Waals surface area contributed by atoms with Crippen LogP contribution in [0.4, 0.5) is 0 Å². The zero-order valence-corrected chi connectivity index (χ0v) is 12.5. The summed E-state index contributed by atoms with van der Waals surface area (Å²) in [7, 11) is 0. The van der Waals surface area contributed by atoms with Gasteiger partial charge < -0.3 is 15.4 Å². The highest BCUT2D eigenvalue weighted by Crippen LogP contribution is 2.29. The zero-order chi connectivity index (χ0) is 15.5. The maximum atomic E-state index is 12.5. The molecule has 2 heterocycles. The standard InChI is InChI=1S/C16H21N3O3/c17-15(20)12-5-6-13(18-9-12)14-10-19(7-8-22-14)16(21)11-3-1-2-4-11/h5-6,9,11,14H,1-4,7-8,10H2,(H2,17,20)/t14-/m1/s1. The van der Waals surface area contributed by atoms with Crippen molar-refractivity contribution in [1.29, 1.82) is 0 Å². The minimum absolute atomic E-state index is 0.184. The number of amides is 2. The molecule has 118 valence electrons. The molecule has 1 aliphatic carbocycles. The highest BCUT2D eigenvalue weighted by Gasteiger charge is 2.31. The van der Waals surface area contributed by atoms with Crippen molar-refractivity contribution >= 4 is 11.8 Å². The number of nitrogens with zero attached hydrogens (tertiary/aromatic N) is 2. The molecule has 1 atom stereocenters. The second-order valence-corrected chi connectivity index (χ2v) is 5.96. The van der Waals surface area contributed by atoms with E-state index in [1.807, 2.05) is 4.90 Å². The number of nitrogens with two attached hydrogens (primary N) is 1. The first-order valence-corrected chi connectivity index (χ1v) is 7.81. The van der Waals surface area contributed by atoms with Crippen LogP contribution >= 0.6 is 0 Å². The lowest BCUT2D eigenvalue weighted by atomic mass is 10.1. The lowest BCUT2D eigenvalue weighted by molar-refractivity contribution is -0.143. The van der Waals surface area contributed by atoms with Crippen molar-refractivity contribution in [3.63, 3.8) is 0 Å². The van der Waals surface area contributed by atoms with Crippen molar-refractivity contribution in [2.45, 2.75) is 31.8 Å². The number of pyridine rings is 1. The Labute approximate surface area is 129 Å². The van der Waals surface area contributed by atoms with Crippen LogP contribution in [0.25, 0.3) is 0 Å². The van der Waals surface area contributed by atoms with Gasteiger partial charge in [0, 0.05) is 18.7 Å². The second-order valence-electron chi connectivity index (χ2n) is 5.96. The molecular weight excluding hydrogens is 282 g/mol. The van der Waals surface area contributed by atoms with Crippen molar-refractivity contribution in [3.8, 4) is 0 Å². The number of morpholine rings is 1. The van der Waals surface area contributed by atoms with Crippen LogP contribution in [0.1, 0.15) is 47.8 Å². The molecule has 1 aromatic heterocycles. The Kier molecular flexibility index (Phi) is 4.38. The Balaban J connectivity index is 1.67. The van der Waals surface area contributed by atoms with E-state index >= 15 is 0 Å². The summed E-state index contributed by atoms with van der Waals surface area (Å²) in [5.41, 5.74) is 6.31. The van der Waals surface area contributed by atoms with E-state index in [1.54, 1.807) is 12.1 Å². The summed E-state index contributed by atoms with van der Waals surface area (Å²) in [5, 5.41) is 0. The second kappa shape index (κ2) is 6.44. The van der Waals surface area contributed by atoms with Crippen LogP contribution < -0.4 is 5.73 Å². The SMILES string of the molecule is NC(=O)c1ccc([C@H]2CN(C(=O)C3CCCC3)CCO2)nc1. The van der Waals surface area contributed by atoms with Crippen LogP contribution in [-0.2, 0) is 9.53 Å². The van der Waals surface area contributed by atoms with Crippen molar-refractivity contribution in [2.75, 3.05) is 19.7 Å². The summed E-state index contributed by atoms with van der Waals surface area (Å²) >= 11 is 0. The molecule has 3 rings (SSSR count). The number of aromatic nitrogens is 1. The fourth-order valence-corrected chi connectivity index (χ4v) is 3.20. The van der Waals surface area contributed by atoms with Gasteiger partial charge in [0.05, 0.1) is 24.4 Å². The molecule has 1 saturated carbocycles. The first-order valence-electron chi connectivity index (χ1n) is 7.81. The van der Waals surface area contributed by atoms with Crippen LogP contribution in [-0.4, -0.2) is 41.4 Å². The van der Waals surface area contributed by atoms with Crippen LogP contribution in [0.2, 0.25) is 0 Å². The number of carbonyl (C=O) groups is 2. The summed E-state index contributed by atoms with van der Waals surface area (Å²) in [6.45, 7) is 1.69. The zero-order valence-electron chi connectivity index (χ0n) is 12.5. The molecular formula is C16H21N3O3. The quantitative estimate of drug-likeness (QED) is 0.911. The number of carbonyl (C=O) groups excluding carboxylic acids is 2. The molecule has 1 aliphatic heterocycles. The number of hydrogen-bond acceptors (Lipinski definition) is 4. The topological polar surface area (TPSA) is 85.5 Å². The highest BCUT2D eigenvalue weighted by atomic mass is 16.5. The fraction of sp³-hybridized carbons (Fsp3) is 0.562. The van der Waals surface area contributed by atoms with Gasteiger partial charge in [-0.2, -0.15) is 0 Å². The van der Waals surface area contributed by atoms with E-state index in [1.165, 1.54) is 6.20 Å². The minimum atomic E-state index is -0.498.